The van der Waals surface area contributed by atoms with Gasteiger partial charge in [0.2, 0.25) is 0 Å². The number of carbonyl (C=O) groups excluding carboxylic acids is 1. The molecular weight excluding hydrogens is 256 g/mol. The van der Waals surface area contributed by atoms with Gasteiger partial charge in [0, 0.05) is 26.5 Å². The molecule has 0 aliphatic heterocycles. The van der Waals surface area contributed by atoms with Crippen molar-refractivity contribution in [2.75, 3.05) is 7.05 Å². The van der Waals surface area contributed by atoms with Crippen LogP contribution in [0.5, 0.6) is 0 Å². The minimum Gasteiger partial charge on any atom is -0.334 e. The molecule has 0 unspecified atom stereocenters. The number of nitrogens with zero attached hydrogens (tertiary/aromatic N) is 5. The molecule has 1 amide bonds. The van der Waals surface area contributed by atoms with Crippen molar-refractivity contribution in [3.8, 4) is 0 Å². The van der Waals surface area contributed by atoms with E-state index in [0.717, 1.165) is 11.9 Å². The van der Waals surface area contributed by atoms with Crippen LogP contribution in [0.3, 0.4) is 0 Å². The van der Waals surface area contributed by atoms with Crippen LogP contribution in [-0.2, 0) is 13.6 Å². The predicted molar refractivity (Wildman–Crippen MR) is 62.5 cm³/mol. The third-order valence-corrected chi connectivity index (χ3v) is 2.70. The first-order valence-corrected chi connectivity index (χ1v) is 5.54. The molecule has 102 valence electrons. The minimum absolute atomic E-state index is 0.00929. The number of rotatable bonds is 4. The zero-order valence-electron chi connectivity index (χ0n) is 10.5. The summed E-state index contributed by atoms with van der Waals surface area (Å²) in [5.74, 6) is -0.416. The fourth-order valence-electron chi connectivity index (χ4n) is 1.63. The average molecular weight is 269 g/mol. The fourth-order valence-corrected chi connectivity index (χ4v) is 1.63. The van der Waals surface area contributed by atoms with Crippen LogP contribution in [0.15, 0.2) is 24.5 Å². The van der Waals surface area contributed by atoms with Gasteiger partial charge >= 0.3 is 6.55 Å². The number of alkyl halides is 2. The summed E-state index contributed by atoms with van der Waals surface area (Å²) in [6.45, 7) is -2.42. The Kier molecular flexibility index (Phi) is 3.59. The van der Waals surface area contributed by atoms with E-state index in [0.29, 0.717) is 11.2 Å². The second-order valence-corrected chi connectivity index (χ2v) is 4.07. The molecule has 0 aliphatic carbocycles. The number of halogens is 2. The van der Waals surface area contributed by atoms with Crippen molar-refractivity contribution in [3.05, 3.63) is 35.9 Å². The van der Waals surface area contributed by atoms with Gasteiger partial charge in [0.1, 0.15) is 0 Å². The van der Waals surface area contributed by atoms with E-state index in [2.05, 4.69) is 10.2 Å². The Morgan fingerprint density at radius 1 is 1.47 bits per heavy atom. The van der Waals surface area contributed by atoms with Gasteiger partial charge in [-0.25, -0.2) is 4.68 Å². The number of carbonyl (C=O) groups is 1. The topological polar surface area (TPSA) is 56.0 Å². The third kappa shape index (κ3) is 2.78. The van der Waals surface area contributed by atoms with E-state index in [1.54, 1.807) is 31.0 Å². The van der Waals surface area contributed by atoms with Crippen LogP contribution in [0.25, 0.3) is 0 Å². The molecule has 0 spiro atoms. The lowest BCUT2D eigenvalue weighted by molar-refractivity contribution is 0.0553. The Morgan fingerprint density at radius 3 is 2.74 bits per heavy atom. The summed E-state index contributed by atoms with van der Waals surface area (Å²) in [6.07, 6.45) is 2.70. The van der Waals surface area contributed by atoms with E-state index >= 15 is 0 Å². The number of hydrogen-bond acceptors (Lipinski definition) is 3. The van der Waals surface area contributed by atoms with E-state index in [4.69, 9.17) is 0 Å². The molecule has 6 nitrogen and oxygen atoms in total. The largest absolute Gasteiger partial charge is 0.334 e. The van der Waals surface area contributed by atoms with Gasteiger partial charge < -0.3 is 4.90 Å². The first-order chi connectivity index (χ1) is 8.99. The van der Waals surface area contributed by atoms with Crippen LogP contribution in [-0.4, -0.2) is 37.4 Å². The molecule has 0 radical (unpaired) electrons. The van der Waals surface area contributed by atoms with Gasteiger partial charge in [-0.1, -0.05) is 0 Å². The van der Waals surface area contributed by atoms with Crippen molar-refractivity contribution in [2.45, 2.75) is 13.1 Å². The van der Waals surface area contributed by atoms with Gasteiger partial charge in [-0.05, 0) is 12.1 Å². The van der Waals surface area contributed by atoms with Crippen LogP contribution in [0.2, 0.25) is 0 Å². The first kappa shape index (κ1) is 13.2. The highest BCUT2D eigenvalue weighted by atomic mass is 19.3. The lowest BCUT2D eigenvalue weighted by Crippen LogP contribution is -2.27. The monoisotopic (exact) mass is 269 g/mol. The van der Waals surface area contributed by atoms with Crippen molar-refractivity contribution in [1.82, 2.24) is 24.5 Å². The van der Waals surface area contributed by atoms with Crippen molar-refractivity contribution >= 4 is 5.91 Å². The lowest BCUT2D eigenvalue weighted by atomic mass is 10.3. The maximum Gasteiger partial charge on any atom is 0.333 e. The van der Waals surface area contributed by atoms with E-state index in [1.165, 1.54) is 11.0 Å². The fraction of sp³-hybridized carbons (Fsp3) is 0.364. The summed E-state index contributed by atoms with van der Waals surface area (Å²) in [4.78, 5) is 13.4. The summed E-state index contributed by atoms with van der Waals surface area (Å²) < 4.78 is 26.8. The maximum absolute atomic E-state index is 12.4. The van der Waals surface area contributed by atoms with Crippen LogP contribution >= 0.6 is 0 Å². The Bertz CT molecular complexity index is 577. The van der Waals surface area contributed by atoms with Crippen LogP contribution in [0.4, 0.5) is 8.78 Å². The molecule has 0 bridgehead atoms. The lowest BCUT2D eigenvalue weighted by Gasteiger charge is -2.15. The third-order valence-electron chi connectivity index (χ3n) is 2.70. The average Bonchev–Trinajstić information content (AvgIpc) is 2.98. The highest BCUT2D eigenvalue weighted by Crippen LogP contribution is 2.11. The molecular formula is C11H13F2N5O. The molecule has 0 aliphatic rings. The zero-order valence-corrected chi connectivity index (χ0v) is 10.5. The maximum atomic E-state index is 12.4. The normalized spacial score (nSPS) is 11.0. The van der Waals surface area contributed by atoms with Crippen LogP contribution < -0.4 is 0 Å². The highest BCUT2D eigenvalue weighted by molar-refractivity contribution is 5.91. The number of amides is 1. The quantitative estimate of drug-likeness (QED) is 0.840. The molecule has 8 heteroatoms. The summed E-state index contributed by atoms with van der Waals surface area (Å²) >= 11 is 0. The second-order valence-electron chi connectivity index (χ2n) is 4.07. The van der Waals surface area contributed by atoms with Crippen LogP contribution in [0, 0.1) is 0 Å². The van der Waals surface area contributed by atoms with Gasteiger partial charge in [-0.2, -0.15) is 19.0 Å². The van der Waals surface area contributed by atoms with Gasteiger partial charge in [-0.3, -0.25) is 9.48 Å². The van der Waals surface area contributed by atoms with Gasteiger partial charge in [0.05, 0.1) is 12.2 Å². The first-order valence-electron chi connectivity index (χ1n) is 5.54. The molecule has 2 aromatic rings. The SMILES string of the molecule is CN(Cc1ccnn1C)C(=O)c1ccn(C(F)F)n1. The highest BCUT2D eigenvalue weighted by Gasteiger charge is 2.17. The zero-order chi connectivity index (χ0) is 14.0. The molecule has 0 aromatic carbocycles. The molecule has 0 saturated heterocycles. The smallest absolute Gasteiger partial charge is 0.333 e. The van der Waals surface area contributed by atoms with E-state index in [9.17, 15) is 13.6 Å². The van der Waals surface area contributed by atoms with Crippen molar-refractivity contribution < 1.29 is 13.6 Å². The number of aryl methyl sites for hydroxylation is 1. The minimum atomic E-state index is -2.75. The molecule has 0 N–H and O–H groups in total. The van der Waals surface area contributed by atoms with Gasteiger partial charge in [-0.15, -0.1) is 0 Å². The van der Waals surface area contributed by atoms with Gasteiger partial charge in [0.25, 0.3) is 5.91 Å². The van der Waals surface area contributed by atoms with E-state index in [1.807, 2.05) is 0 Å². The molecule has 2 heterocycles. The molecule has 0 fully saturated rings. The Balaban J connectivity index is 2.08. The second kappa shape index (κ2) is 5.17. The van der Waals surface area contributed by atoms with Gasteiger partial charge in [0.15, 0.2) is 5.69 Å². The van der Waals surface area contributed by atoms with E-state index < -0.39 is 12.5 Å². The van der Waals surface area contributed by atoms with Crippen molar-refractivity contribution in [1.29, 1.82) is 0 Å². The Morgan fingerprint density at radius 2 is 2.21 bits per heavy atom. The molecule has 2 rings (SSSR count). The summed E-state index contributed by atoms with van der Waals surface area (Å²) in [7, 11) is 3.34. The molecule has 19 heavy (non-hydrogen) atoms. The molecule has 0 saturated carbocycles. The van der Waals surface area contributed by atoms with Crippen LogP contribution in [0.1, 0.15) is 22.7 Å². The predicted octanol–water partition coefficient (Wildman–Crippen LogP) is 1.28. The standard InChI is InChI=1S/C11H13F2N5O/c1-16(7-8-3-5-14-17(8)2)10(19)9-4-6-18(15-9)11(12)13/h3-6,11H,7H2,1-2H3. The summed E-state index contributed by atoms with van der Waals surface area (Å²) in [5, 5.41) is 7.52. The Hall–Kier alpha value is -2.25. The molecule has 0 atom stereocenters. The molecule has 2 aromatic heterocycles. The summed E-state index contributed by atoms with van der Waals surface area (Å²) in [6, 6.07) is 3.05. The Labute approximate surface area is 108 Å². The number of aromatic nitrogens is 4. The van der Waals surface area contributed by atoms with Crippen molar-refractivity contribution in [2.24, 2.45) is 7.05 Å². The van der Waals surface area contributed by atoms with Crippen molar-refractivity contribution in [3.63, 3.8) is 0 Å². The summed E-state index contributed by atoms with van der Waals surface area (Å²) in [5.41, 5.74) is 0.828. The number of hydrogen-bond donors (Lipinski definition) is 0. The van der Waals surface area contributed by atoms with E-state index in [-0.39, 0.29) is 5.69 Å².